The zero-order valence-corrected chi connectivity index (χ0v) is 14.0. The molecular weight excluding hydrogens is 286 g/mol. The third-order valence-electron chi connectivity index (χ3n) is 5.08. The van der Waals surface area contributed by atoms with E-state index >= 15 is 0 Å². The second-order valence-corrected chi connectivity index (χ2v) is 7.08. The van der Waals surface area contributed by atoms with Gasteiger partial charge in [0.15, 0.2) is 0 Å². The molecule has 1 aromatic rings. The van der Waals surface area contributed by atoms with Crippen LogP contribution in [0.3, 0.4) is 0 Å². The number of nitrogens with two attached hydrogens (primary N) is 1. The number of amides is 1. The molecule has 0 bridgehead atoms. The molecule has 1 amide bonds. The molecule has 126 valence electrons. The van der Waals surface area contributed by atoms with Gasteiger partial charge in [0.2, 0.25) is 5.91 Å². The highest BCUT2D eigenvalue weighted by Crippen LogP contribution is 2.33. The Morgan fingerprint density at radius 2 is 2.00 bits per heavy atom. The first-order chi connectivity index (χ1) is 11.2. The van der Waals surface area contributed by atoms with Crippen LogP contribution >= 0.6 is 0 Å². The minimum atomic E-state index is 0.168. The number of carbonyl (C=O) groups is 1. The largest absolute Gasteiger partial charge is 0.330 e. The normalized spacial score (nSPS) is 19.7. The van der Waals surface area contributed by atoms with Gasteiger partial charge >= 0.3 is 0 Å². The lowest BCUT2D eigenvalue weighted by Gasteiger charge is -2.32. The summed E-state index contributed by atoms with van der Waals surface area (Å²) in [5, 5.41) is 3.07. The summed E-state index contributed by atoms with van der Waals surface area (Å²) in [4.78, 5) is 14.5. The van der Waals surface area contributed by atoms with Gasteiger partial charge in [-0.25, -0.2) is 0 Å². The minimum Gasteiger partial charge on any atom is -0.330 e. The highest BCUT2D eigenvalue weighted by Gasteiger charge is 2.24. The van der Waals surface area contributed by atoms with Crippen LogP contribution in [0.5, 0.6) is 0 Å². The SMILES string of the molecule is NCCCN1CCC(c2cccc(NC(=O)CC3CC3)c2)CC1. The molecule has 1 aliphatic heterocycles. The van der Waals surface area contributed by atoms with Crippen molar-refractivity contribution in [1.29, 1.82) is 0 Å². The van der Waals surface area contributed by atoms with Gasteiger partial charge in [-0.05, 0) is 87.8 Å². The van der Waals surface area contributed by atoms with E-state index in [0.717, 1.165) is 38.3 Å². The maximum Gasteiger partial charge on any atom is 0.224 e. The molecule has 2 fully saturated rings. The second-order valence-electron chi connectivity index (χ2n) is 7.08. The summed E-state index contributed by atoms with van der Waals surface area (Å²) < 4.78 is 0. The van der Waals surface area contributed by atoms with Gasteiger partial charge in [0.25, 0.3) is 0 Å². The number of rotatable bonds is 7. The Labute approximate surface area is 139 Å². The van der Waals surface area contributed by atoms with Gasteiger partial charge in [-0.1, -0.05) is 12.1 Å². The predicted octanol–water partition coefficient (Wildman–Crippen LogP) is 2.95. The molecule has 0 radical (unpaired) electrons. The fourth-order valence-electron chi connectivity index (χ4n) is 3.47. The van der Waals surface area contributed by atoms with Crippen LogP contribution in [0.15, 0.2) is 24.3 Å². The fraction of sp³-hybridized carbons (Fsp3) is 0.632. The molecule has 3 rings (SSSR count). The summed E-state index contributed by atoms with van der Waals surface area (Å²) in [6, 6.07) is 8.45. The summed E-state index contributed by atoms with van der Waals surface area (Å²) in [5.41, 5.74) is 7.92. The van der Waals surface area contributed by atoms with E-state index in [1.165, 1.54) is 31.2 Å². The number of hydrogen-bond donors (Lipinski definition) is 2. The third kappa shape index (κ3) is 5.05. The molecule has 1 aliphatic carbocycles. The second kappa shape index (κ2) is 7.93. The number of piperidine rings is 1. The van der Waals surface area contributed by atoms with Crippen molar-refractivity contribution in [3.8, 4) is 0 Å². The lowest BCUT2D eigenvalue weighted by Crippen LogP contribution is -2.34. The number of nitrogens with one attached hydrogen (secondary N) is 1. The van der Waals surface area contributed by atoms with Crippen molar-refractivity contribution in [3.05, 3.63) is 29.8 Å². The maximum absolute atomic E-state index is 12.0. The molecule has 0 aromatic heterocycles. The van der Waals surface area contributed by atoms with Crippen LogP contribution in [-0.4, -0.2) is 37.0 Å². The number of anilines is 1. The number of carbonyl (C=O) groups excluding carboxylic acids is 1. The summed E-state index contributed by atoms with van der Waals surface area (Å²) >= 11 is 0. The van der Waals surface area contributed by atoms with Crippen molar-refractivity contribution in [3.63, 3.8) is 0 Å². The van der Waals surface area contributed by atoms with E-state index in [4.69, 9.17) is 5.73 Å². The highest BCUT2D eigenvalue weighted by molar-refractivity contribution is 5.91. The van der Waals surface area contributed by atoms with Gasteiger partial charge in [-0.2, -0.15) is 0 Å². The quantitative estimate of drug-likeness (QED) is 0.813. The van der Waals surface area contributed by atoms with E-state index in [-0.39, 0.29) is 5.91 Å². The fourth-order valence-corrected chi connectivity index (χ4v) is 3.47. The first kappa shape index (κ1) is 16.5. The zero-order chi connectivity index (χ0) is 16.1. The Bertz CT molecular complexity index is 519. The Hall–Kier alpha value is -1.39. The standard InChI is InChI=1S/C19H29N3O/c20-9-2-10-22-11-7-16(8-12-22)17-3-1-4-18(14-17)21-19(23)13-15-5-6-15/h1,3-4,14-16H,2,5-13,20H2,(H,21,23). The molecule has 3 N–H and O–H groups in total. The van der Waals surface area contributed by atoms with Crippen molar-refractivity contribution in [2.24, 2.45) is 11.7 Å². The molecule has 0 spiro atoms. The molecule has 1 saturated carbocycles. The molecular formula is C19H29N3O. The van der Waals surface area contributed by atoms with Crippen LogP contribution in [0, 0.1) is 5.92 Å². The Kier molecular flexibility index (Phi) is 5.68. The van der Waals surface area contributed by atoms with Crippen molar-refractivity contribution < 1.29 is 4.79 Å². The monoisotopic (exact) mass is 315 g/mol. The topological polar surface area (TPSA) is 58.4 Å². The minimum absolute atomic E-state index is 0.168. The lowest BCUT2D eigenvalue weighted by molar-refractivity contribution is -0.116. The van der Waals surface area contributed by atoms with Crippen LogP contribution < -0.4 is 11.1 Å². The summed E-state index contributed by atoms with van der Waals surface area (Å²) in [6.45, 7) is 4.22. The Morgan fingerprint density at radius 3 is 2.70 bits per heavy atom. The van der Waals surface area contributed by atoms with E-state index in [9.17, 15) is 4.79 Å². The predicted molar refractivity (Wildman–Crippen MR) is 94.5 cm³/mol. The van der Waals surface area contributed by atoms with E-state index in [1.54, 1.807) is 0 Å². The van der Waals surface area contributed by atoms with Crippen molar-refractivity contribution in [2.45, 2.75) is 44.4 Å². The molecule has 0 atom stereocenters. The lowest BCUT2D eigenvalue weighted by atomic mass is 9.89. The van der Waals surface area contributed by atoms with Gasteiger partial charge < -0.3 is 16.0 Å². The van der Waals surface area contributed by atoms with E-state index in [1.807, 2.05) is 6.07 Å². The molecule has 4 heteroatoms. The molecule has 1 saturated heterocycles. The number of nitrogens with zero attached hydrogens (tertiary/aromatic N) is 1. The van der Waals surface area contributed by atoms with Crippen LogP contribution in [-0.2, 0) is 4.79 Å². The van der Waals surface area contributed by atoms with Crippen molar-refractivity contribution >= 4 is 11.6 Å². The smallest absolute Gasteiger partial charge is 0.224 e. The summed E-state index contributed by atoms with van der Waals surface area (Å²) in [5.74, 6) is 1.42. The zero-order valence-electron chi connectivity index (χ0n) is 14.0. The first-order valence-electron chi connectivity index (χ1n) is 9.07. The number of benzene rings is 1. The molecule has 1 heterocycles. The Balaban J connectivity index is 1.52. The van der Waals surface area contributed by atoms with Crippen LogP contribution in [0.2, 0.25) is 0 Å². The maximum atomic E-state index is 12.0. The van der Waals surface area contributed by atoms with Crippen molar-refractivity contribution in [1.82, 2.24) is 4.90 Å². The van der Waals surface area contributed by atoms with Gasteiger partial charge in [0.1, 0.15) is 0 Å². The molecule has 23 heavy (non-hydrogen) atoms. The average molecular weight is 315 g/mol. The van der Waals surface area contributed by atoms with E-state index < -0.39 is 0 Å². The Morgan fingerprint density at radius 1 is 1.22 bits per heavy atom. The summed E-state index contributed by atoms with van der Waals surface area (Å²) in [6.07, 6.45) is 6.61. The molecule has 2 aliphatic rings. The van der Waals surface area contributed by atoms with E-state index in [2.05, 4.69) is 28.4 Å². The molecule has 4 nitrogen and oxygen atoms in total. The van der Waals surface area contributed by atoms with Gasteiger partial charge in [0, 0.05) is 12.1 Å². The van der Waals surface area contributed by atoms with Gasteiger partial charge in [-0.15, -0.1) is 0 Å². The highest BCUT2D eigenvalue weighted by atomic mass is 16.1. The van der Waals surface area contributed by atoms with Gasteiger partial charge in [0.05, 0.1) is 0 Å². The van der Waals surface area contributed by atoms with Crippen molar-refractivity contribution in [2.75, 3.05) is 31.5 Å². The molecule has 1 aromatic carbocycles. The molecule has 0 unspecified atom stereocenters. The van der Waals surface area contributed by atoms with Crippen LogP contribution in [0.25, 0.3) is 0 Å². The number of hydrogen-bond acceptors (Lipinski definition) is 3. The van der Waals surface area contributed by atoms with Crippen LogP contribution in [0.1, 0.15) is 50.0 Å². The van der Waals surface area contributed by atoms with Crippen LogP contribution in [0.4, 0.5) is 5.69 Å². The van der Waals surface area contributed by atoms with Gasteiger partial charge in [-0.3, -0.25) is 4.79 Å². The number of likely N-dealkylation sites (tertiary alicyclic amines) is 1. The third-order valence-corrected chi connectivity index (χ3v) is 5.08. The average Bonchev–Trinajstić information content (AvgIpc) is 3.37. The van der Waals surface area contributed by atoms with E-state index in [0.29, 0.717) is 18.3 Å². The summed E-state index contributed by atoms with van der Waals surface area (Å²) in [7, 11) is 0. The first-order valence-corrected chi connectivity index (χ1v) is 9.07.